The van der Waals surface area contributed by atoms with Crippen molar-refractivity contribution in [2.24, 2.45) is 0 Å². The molecule has 2 aromatic carbocycles. The van der Waals surface area contributed by atoms with E-state index in [1.807, 2.05) is 30.3 Å². The molecule has 0 unspecified atom stereocenters. The van der Waals surface area contributed by atoms with Crippen molar-refractivity contribution in [2.75, 3.05) is 23.3 Å². The molecule has 0 radical (unpaired) electrons. The van der Waals surface area contributed by atoms with Gasteiger partial charge in [0.15, 0.2) is 0 Å². The van der Waals surface area contributed by atoms with Gasteiger partial charge in [0.25, 0.3) is 0 Å². The lowest BCUT2D eigenvalue weighted by molar-refractivity contribution is -0.116. The van der Waals surface area contributed by atoms with Crippen LogP contribution in [0.4, 0.5) is 11.4 Å². The number of benzene rings is 2. The van der Waals surface area contributed by atoms with Crippen LogP contribution in [0.1, 0.15) is 32.3 Å². The van der Waals surface area contributed by atoms with Gasteiger partial charge in [-0.3, -0.25) is 13.9 Å². The van der Waals surface area contributed by atoms with Gasteiger partial charge in [-0.2, -0.15) is 0 Å². The first-order valence-electron chi connectivity index (χ1n) is 10.5. The third kappa shape index (κ3) is 3.67. The third-order valence-electron chi connectivity index (χ3n) is 5.68. The Morgan fingerprint density at radius 1 is 1.03 bits per heavy atom. The first-order chi connectivity index (χ1) is 14.1. The zero-order valence-electron chi connectivity index (χ0n) is 17.1. The van der Waals surface area contributed by atoms with E-state index in [0.29, 0.717) is 13.1 Å². The maximum absolute atomic E-state index is 12.8. The van der Waals surface area contributed by atoms with Crippen molar-refractivity contribution in [1.29, 1.82) is 0 Å². The largest absolute Gasteiger partial charge is 0.371 e. The van der Waals surface area contributed by atoms with Crippen LogP contribution in [-0.2, 0) is 24.3 Å². The van der Waals surface area contributed by atoms with Crippen LogP contribution in [0, 0.1) is 0 Å². The Morgan fingerprint density at radius 3 is 2.45 bits per heavy atom. The maximum atomic E-state index is 12.8. The molecule has 4 rings (SSSR count). The van der Waals surface area contributed by atoms with Gasteiger partial charge in [-0.1, -0.05) is 25.1 Å². The smallest absolute Gasteiger partial charge is 0.329 e. The zero-order valence-corrected chi connectivity index (χ0v) is 17.1. The van der Waals surface area contributed by atoms with Crippen LogP contribution in [0.3, 0.4) is 0 Å². The highest BCUT2D eigenvalue weighted by atomic mass is 16.2. The number of carbonyl (C=O) groups is 1. The molecule has 1 aliphatic rings. The van der Waals surface area contributed by atoms with Crippen molar-refractivity contribution < 1.29 is 4.79 Å². The Bertz CT molecular complexity index is 1100. The van der Waals surface area contributed by atoms with Gasteiger partial charge in [0, 0.05) is 44.0 Å². The second kappa shape index (κ2) is 8.15. The number of nitrogens with one attached hydrogen (secondary N) is 1. The number of fused-ring (bicyclic) bond motifs is 2. The Labute approximate surface area is 170 Å². The number of carbonyl (C=O) groups excluding carboxylic acids is 1. The number of imidazole rings is 1. The minimum absolute atomic E-state index is 0.0445. The summed E-state index contributed by atoms with van der Waals surface area (Å²) in [6, 6.07) is 13.9. The molecule has 0 aliphatic carbocycles. The second-order valence-corrected chi connectivity index (χ2v) is 7.55. The molecular formula is C23H28N4O2. The van der Waals surface area contributed by atoms with Crippen LogP contribution in [-0.4, -0.2) is 28.1 Å². The predicted molar refractivity (Wildman–Crippen MR) is 118 cm³/mol. The number of likely N-dealkylation sites (N-methyl/N-ethyl adjacent to an activating group) is 1. The summed E-state index contributed by atoms with van der Waals surface area (Å²) in [4.78, 5) is 27.7. The van der Waals surface area contributed by atoms with Crippen LogP contribution in [0.5, 0.6) is 0 Å². The molecule has 6 nitrogen and oxygen atoms in total. The molecule has 0 saturated carbocycles. The highest BCUT2D eigenvalue weighted by molar-refractivity contribution is 5.91. The van der Waals surface area contributed by atoms with Crippen LogP contribution < -0.4 is 15.9 Å². The summed E-state index contributed by atoms with van der Waals surface area (Å²) < 4.78 is 3.51. The topological polar surface area (TPSA) is 59.3 Å². The number of aromatic nitrogens is 2. The fourth-order valence-electron chi connectivity index (χ4n) is 4.22. The average Bonchev–Trinajstić information content (AvgIpc) is 3.25. The summed E-state index contributed by atoms with van der Waals surface area (Å²) in [7, 11) is 0. The van der Waals surface area contributed by atoms with Gasteiger partial charge in [0.1, 0.15) is 0 Å². The normalized spacial score (nSPS) is 13.1. The second-order valence-electron chi connectivity index (χ2n) is 7.55. The molecule has 2 heterocycles. The van der Waals surface area contributed by atoms with E-state index in [1.54, 1.807) is 9.13 Å². The standard InChI is InChI=1S/C23H28N4O2/c1-3-13-26-19-7-5-6-8-20(19)27(23(26)29)15-12-22(28)24-18-10-9-17-11-14-25(4-2)21(17)16-18/h5-10,16H,3-4,11-15H2,1-2H3,(H,24,28). The van der Waals surface area contributed by atoms with E-state index in [4.69, 9.17) is 0 Å². The van der Waals surface area contributed by atoms with Crippen LogP contribution >= 0.6 is 0 Å². The van der Waals surface area contributed by atoms with Gasteiger partial charge in [0.2, 0.25) is 5.91 Å². The summed E-state index contributed by atoms with van der Waals surface area (Å²) in [5.41, 5.74) is 5.13. The molecule has 6 heteroatoms. The molecule has 1 aliphatic heterocycles. The number of hydrogen-bond acceptors (Lipinski definition) is 3. The lowest BCUT2D eigenvalue weighted by Crippen LogP contribution is -2.26. The van der Waals surface area contributed by atoms with Crippen molar-refractivity contribution in [3.05, 3.63) is 58.5 Å². The number of nitrogens with zero attached hydrogens (tertiary/aromatic N) is 3. The third-order valence-corrected chi connectivity index (χ3v) is 5.68. The molecule has 1 N–H and O–H groups in total. The first-order valence-corrected chi connectivity index (χ1v) is 10.5. The molecule has 1 amide bonds. The first kappa shape index (κ1) is 19.3. The molecule has 0 bridgehead atoms. The monoisotopic (exact) mass is 392 g/mol. The van der Waals surface area contributed by atoms with Gasteiger partial charge in [0.05, 0.1) is 11.0 Å². The Kier molecular flexibility index (Phi) is 5.43. The minimum atomic E-state index is -0.0785. The van der Waals surface area contributed by atoms with Crippen molar-refractivity contribution in [2.45, 2.75) is 46.2 Å². The lowest BCUT2D eigenvalue weighted by atomic mass is 10.1. The maximum Gasteiger partial charge on any atom is 0.329 e. The molecule has 0 atom stereocenters. The number of rotatable bonds is 7. The van der Waals surface area contributed by atoms with E-state index in [0.717, 1.165) is 42.7 Å². The summed E-state index contributed by atoms with van der Waals surface area (Å²) in [6.07, 6.45) is 2.21. The number of aryl methyl sites for hydroxylation is 2. The van der Waals surface area contributed by atoms with Gasteiger partial charge in [-0.25, -0.2) is 4.79 Å². The Hall–Kier alpha value is -3.02. The van der Waals surface area contributed by atoms with E-state index >= 15 is 0 Å². The van der Waals surface area contributed by atoms with E-state index in [2.05, 4.69) is 36.2 Å². The summed E-state index contributed by atoms with van der Waals surface area (Å²) in [5, 5.41) is 3.00. The molecule has 1 aromatic heterocycles. The molecule has 0 spiro atoms. The number of para-hydroxylation sites is 2. The summed E-state index contributed by atoms with van der Waals surface area (Å²) >= 11 is 0. The van der Waals surface area contributed by atoms with Crippen LogP contribution in [0.2, 0.25) is 0 Å². The minimum Gasteiger partial charge on any atom is -0.371 e. The van der Waals surface area contributed by atoms with Crippen molar-refractivity contribution in [3.63, 3.8) is 0 Å². The van der Waals surface area contributed by atoms with Gasteiger partial charge in [-0.15, -0.1) is 0 Å². The number of anilines is 2. The summed E-state index contributed by atoms with van der Waals surface area (Å²) in [6.45, 7) is 7.26. The van der Waals surface area contributed by atoms with E-state index in [-0.39, 0.29) is 18.0 Å². The highest BCUT2D eigenvalue weighted by Crippen LogP contribution is 2.30. The average molecular weight is 393 g/mol. The quantitative estimate of drug-likeness (QED) is 0.668. The van der Waals surface area contributed by atoms with E-state index in [9.17, 15) is 9.59 Å². The fourth-order valence-corrected chi connectivity index (χ4v) is 4.22. The molecule has 0 saturated heterocycles. The zero-order chi connectivity index (χ0) is 20.4. The molecular weight excluding hydrogens is 364 g/mol. The van der Waals surface area contributed by atoms with Gasteiger partial charge >= 0.3 is 5.69 Å². The summed E-state index contributed by atoms with van der Waals surface area (Å²) in [5.74, 6) is -0.0785. The lowest BCUT2D eigenvalue weighted by Gasteiger charge is -2.17. The fraction of sp³-hybridized carbons (Fsp3) is 0.391. The van der Waals surface area contributed by atoms with Crippen molar-refractivity contribution in [3.8, 4) is 0 Å². The van der Waals surface area contributed by atoms with Gasteiger partial charge < -0.3 is 10.2 Å². The molecule has 152 valence electrons. The molecule has 0 fully saturated rings. The van der Waals surface area contributed by atoms with Crippen molar-refractivity contribution >= 4 is 28.3 Å². The molecule has 3 aromatic rings. The van der Waals surface area contributed by atoms with Crippen molar-refractivity contribution in [1.82, 2.24) is 9.13 Å². The van der Waals surface area contributed by atoms with E-state index < -0.39 is 0 Å². The van der Waals surface area contributed by atoms with Gasteiger partial charge in [-0.05, 0) is 49.6 Å². The highest BCUT2D eigenvalue weighted by Gasteiger charge is 2.18. The number of hydrogen-bond donors (Lipinski definition) is 1. The van der Waals surface area contributed by atoms with Crippen LogP contribution in [0.15, 0.2) is 47.3 Å². The Balaban J connectivity index is 1.48. The predicted octanol–water partition coefficient (Wildman–Crippen LogP) is 3.62. The van der Waals surface area contributed by atoms with E-state index in [1.165, 1.54) is 11.3 Å². The van der Waals surface area contributed by atoms with Crippen LogP contribution in [0.25, 0.3) is 11.0 Å². The SMILES string of the molecule is CCCn1c(=O)n(CCC(=O)Nc2ccc3c(c2)N(CC)CC3)c2ccccc21. The Morgan fingerprint density at radius 2 is 1.76 bits per heavy atom. The number of amides is 1. The molecule has 29 heavy (non-hydrogen) atoms.